The van der Waals surface area contributed by atoms with Gasteiger partial charge in [0.05, 0.1) is 5.52 Å². The first-order valence-corrected chi connectivity index (χ1v) is 9.50. The first-order chi connectivity index (χ1) is 13.8. The molecule has 0 saturated carbocycles. The molecule has 0 bridgehead atoms. The quantitative estimate of drug-likeness (QED) is 0.343. The van der Waals surface area contributed by atoms with E-state index < -0.39 is 0 Å². The first-order valence-electron chi connectivity index (χ1n) is 9.50. The van der Waals surface area contributed by atoms with Gasteiger partial charge in [-0.05, 0) is 27.6 Å². The summed E-state index contributed by atoms with van der Waals surface area (Å²) in [6, 6.07) is 21.3. The fourth-order valence-electron chi connectivity index (χ4n) is 5.01. The second kappa shape index (κ2) is 4.73. The molecule has 2 aromatic heterocycles. The van der Waals surface area contributed by atoms with E-state index in [0.717, 1.165) is 16.4 Å². The molecule has 0 radical (unpaired) electrons. The van der Waals surface area contributed by atoms with Gasteiger partial charge in [-0.3, -0.25) is 4.79 Å². The van der Waals surface area contributed by atoms with E-state index in [9.17, 15) is 4.79 Å². The van der Waals surface area contributed by atoms with Crippen molar-refractivity contribution in [3.63, 3.8) is 0 Å². The van der Waals surface area contributed by atoms with E-state index in [0.29, 0.717) is 6.42 Å². The number of fused-ring (bicyclic) bond motifs is 9. The fourth-order valence-corrected chi connectivity index (χ4v) is 5.01. The average molecular weight is 361 g/mol. The molecule has 0 unspecified atom stereocenters. The summed E-state index contributed by atoms with van der Waals surface area (Å²) in [5.41, 5.74) is 2.07. The lowest BCUT2D eigenvalue weighted by Crippen LogP contribution is -2.22. The number of hydrogen-bond donors (Lipinski definition) is 0. The van der Waals surface area contributed by atoms with Crippen molar-refractivity contribution in [1.29, 1.82) is 0 Å². The Morgan fingerprint density at radius 1 is 0.679 bits per heavy atom. The molecule has 132 valence electrons. The highest BCUT2D eigenvalue weighted by atomic mass is 16.2. The van der Waals surface area contributed by atoms with E-state index in [-0.39, 0.29) is 5.91 Å². The van der Waals surface area contributed by atoms with Gasteiger partial charge in [-0.1, -0.05) is 60.7 Å². The molecule has 4 nitrogen and oxygen atoms in total. The standard InChI is InChI=1S/C24H15N3O/c28-20-12-6-14-26-25-13-4-3-9-17-15-7-1-2-8-16(15)21-18-10-5-11-19(18)23(27(20)26)24(25)22(17)21/h1-11,13-14H,12H2. The number of nitrogens with zero attached hydrogens (tertiary/aromatic N) is 3. The van der Waals surface area contributed by atoms with Gasteiger partial charge in [0.25, 0.3) is 5.91 Å². The Morgan fingerprint density at radius 2 is 1.36 bits per heavy atom. The van der Waals surface area contributed by atoms with Crippen LogP contribution >= 0.6 is 0 Å². The molecule has 0 amide bonds. The molecule has 0 atom stereocenters. The van der Waals surface area contributed by atoms with Gasteiger partial charge < -0.3 is 0 Å². The topological polar surface area (TPSA) is 31.3 Å². The zero-order chi connectivity index (χ0) is 18.4. The summed E-state index contributed by atoms with van der Waals surface area (Å²) < 4.78 is 3.93. The molecule has 0 aliphatic carbocycles. The van der Waals surface area contributed by atoms with Crippen LogP contribution in [0.4, 0.5) is 0 Å². The van der Waals surface area contributed by atoms with Crippen molar-refractivity contribution in [1.82, 2.24) is 14.0 Å². The fraction of sp³-hybridized carbons (Fsp3) is 0.0417. The van der Waals surface area contributed by atoms with Crippen LogP contribution in [0.2, 0.25) is 0 Å². The predicted octanol–water partition coefficient (Wildman–Crippen LogP) is 5.67. The maximum absolute atomic E-state index is 12.9. The Morgan fingerprint density at radius 3 is 2.25 bits per heavy atom. The summed E-state index contributed by atoms with van der Waals surface area (Å²) in [6.07, 6.45) is 6.36. The first kappa shape index (κ1) is 14.3. The number of aromatic nitrogens is 3. The molecule has 7 rings (SSSR count). The Hall–Kier alpha value is -3.79. The van der Waals surface area contributed by atoms with E-state index in [1.807, 2.05) is 34.0 Å². The van der Waals surface area contributed by atoms with Crippen molar-refractivity contribution in [2.75, 3.05) is 0 Å². The molecule has 0 N–H and O–H groups in total. The number of carbonyl (C=O) groups is 1. The summed E-state index contributed by atoms with van der Waals surface area (Å²) in [5, 5.41) is 8.55. The van der Waals surface area contributed by atoms with Crippen LogP contribution in [0.1, 0.15) is 11.2 Å². The Bertz CT molecular complexity index is 1660. The molecule has 4 heteroatoms. The number of carbonyl (C=O) groups excluding carboxylic acids is 1. The molecule has 4 aromatic carbocycles. The lowest BCUT2D eigenvalue weighted by molar-refractivity contribution is 0.0890. The van der Waals surface area contributed by atoms with Crippen LogP contribution in [0.15, 0.2) is 72.9 Å². The van der Waals surface area contributed by atoms with E-state index in [1.54, 1.807) is 0 Å². The van der Waals surface area contributed by atoms with Crippen LogP contribution in [0.5, 0.6) is 0 Å². The highest BCUT2D eigenvalue weighted by Crippen LogP contribution is 2.44. The van der Waals surface area contributed by atoms with Crippen LogP contribution in [0.25, 0.3) is 54.9 Å². The highest BCUT2D eigenvalue weighted by Gasteiger charge is 2.25. The summed E-state index contributed by atoms with van der Waals surface area (Å²) in [7, 11) is 0. The summed E-state index contributed by atoms with van der Waals surface area (Å²) >= 11 is 0. The lowest BCUT2D eigenvalue weighted by atomic mass is 10.0. The number of benzene rings is 2. The number of hydrogen-bond acceptors (Lipinski definition) is 1. The zero-order valence-electron chi connectivity index (χ0n) is 15.0. The molecule has 28 heavy (non-hydrogen) atoms. The van der Waals surface area contributed by atoms with E-state index >= 15 is 0 Å². The third kappa shape index (κ3) is 1.48. The van der Waals surface area contributed by atoms with Crippen molar-refractivity contribution >= 4 is 60.8 Å². The molecular formula is C24H15N3O. The van der Waals surface area contributed by atoms with Crippen molar-refractivity contribution < 1.29 is 4.79 Å². The largest absolute Gasteiger partial charge is 0.272 e. The van der Waals surface area contributed by atoms with E-state index in [4.69, 9.17) is 0 Å². The van der Waals surface area contributed by atoms with Gasteiger partial charge in [-0.2, -0.15) is 9.48 Å². The minimum atomic E-state index is 0.0892. The zero-order valence-corrected chi connectivity index (χ0v) is 15.0. The third-order valence-electron chi connectivity index (χ3n) is 6.04. The molecule has 0 fully saturated rings. The minimum Gasteiger partial charge on any atom is -0.272 e. The molecule has 1 aliphatic heterocycles. The van der Waals surface area contributed by atoms with Crippen LogP contribution in [0.3, 0.4) is 0 Å². The van der Waals surface area contributed by atoms with Gasteiger partial charge >= 0.3 is 0 Å². The maximum atomic E-state index is 12.9. The smallest absolute Gasteiger partial charge is 0.251 e. The van der Waals surface area contributed by atoms with Crippen molar-refractivity contribution in [2.45, 2.75) is 6.42 Å². The monoisotopic (exact) mass is 361 g/mol. The maximum Gasteiger partial charge on any atom is 0.251 e. The molecule has 1 aliphatic rings. The van der Waals surface area contributed by atoms with Gasteiger partial charge in [-0.25, -0.2) is 4.52 Å². The van der Waals surface area contributed by atoms with E-state index in [1.165, 1.54) is 32.3 Å². The van der Waals surface area contributed by atoms with Crippen molar-refractivity contribution in [3.8, 4) is 0 Å². The number of allylic oxidation sites excluding steroid dienone is 1. The highest BCUT2D eigenvalue weighted by molar-refractivity contribution is 6.40. The Balaban J connectivity index is 1.99. The number of rotatable bonds is 0. The van der Waals surface area contributed by atoms with Crippen LogP contribution in [0, 0.1) is 0 Å². The van der Waals surface area contributed by atoms with Gasteiger partial charge in [0, 0.05) is 35.0 Å². The molecular weight excluding hydrogens is 346 g/mol. The summed E-state index contributed by atoms with van der Waals surface area (Å²) in [4.78, 5) is 14.9. The predicted molar refractivity (Wildman–Crippen MR) is 114 cm³/mol. The average Bonchev–Trinajstić information content (AvgIpc) is 3.36. The lowest BCUT2D eigenvalue weighted by Gasteiger charge is -2.12. The van der Waals surface area contributed by atoms with Crippen LogP contribution in [-0.4, -0.2) is 19.9 Å². The third-order valence-corrected chi connectivity index (χ3v) is 6.04. The van der Waals surface area contributed by atoms with Gasteiger partial charge in [-0.15, -0.1) is 0 Å². The van der Waals surface area contributed by atoms with Gasteiger partial charge in [0.2, 0.25) is 0 Å². The Kier molecular flexibility index (Phi) is 2.41. The van der Waals surface area contributed by atoms with Crippen LogP contribution < -0.4 is 0 Å². The summed E-state index contributed by atoms with van der Waals surface area (Å²) in [6.45, 7) is 0. The molecule has 0 saturated heterocycles. The Labute approximate surface area is 159 Å². The van der Waals surface area contributed by atoms with Crippen molar-refractivity contribution in [2.24, 2.45) is 0 Å². The second-order valence-electron chi connectivity index (χ2n) is 7.42. The van der Waals surface area contributed by atoms with E-state index in [2.05, 4.69) is 59.1 Å². The normalized spacial score (nSPS) is 14.2. The minimum absolute atomic E-state index is 0.0892. The molecule has 0 spiro atoms. The SMILES string of the molecule is O=C1CC=Cn2n1c1c3cccc3c3c4ccccc4c4ccccn2c1c43. The summed E-state index contributed by atoms with van der Waals surface area (Å²) in [5.74, 6) is 0.0892. The molecule has 3 heterocycles. The van der Waals surface area contributed by atoms with Gasteiger partial charge in [0.15, 0.2) is 0 Å². The second-order valence-corrected chi connectivity index (χ2v) is 7.42. The van der Waals surface area contributed by atoms with Gasteiger partial charge in [0.1, 0.15) is 5.52 Å². The molecule has 6 aromatic rings. The van der Waals surface area contributed by atoms with Crippen molar-refractivity contribution in [3.05, 3.63) is 72.9 Å². The van der Waals surface area contributed by atoms with Crippen LogP contribution in [-0.2, 0) is 0 Å².